The second kappa shape index (κ2) is 4.47. The molecule has 1 aromatic carbocycles. The quantitative estimate of drug-likeness (QED) is 0.645. The molecule has 2 aromatic rings. The fourth-order valence-electron chi connectivity index (χ4n) is 1.32. The Balaban J connectivity index is 0.000000531. The highest BCUT2D eigenvalue weighted by Crippen LogP contribution is 2.25. The van der Waals surface area contributed by atoms with Gasteiger partial charge in [0, 0.05) is 0 Å². The Hall–Kier alpha value is -1.31. The average molecular weight is 205 g/mol. The van der Waals surface area contributed by atoms with E-state index in [1.165, 1.54) is 12.0 Å². The van der Waals surface area contributed by atoms with Gasteiger partial charge in [0.2, 0.25) is 0 Å². The second-order valence-electron chi connectivity index (χ2n) is 4.28. The summed E-state index contributed by atoms with van der Waals surface area (Å²) < 4.78 is 5.17. The van der Waals surface area contributed by atoms with Crippen LogP contribution in [0.1, 0.15) is 40.2 Å². The highest BCUT2D eigenvalue weighted by Gasteiger charge is 2.14. The number of fused-ring (bicyclic) bond motifs is 1. The summed E-state index contributed by atoms with van der Waals surface area (Å²) >= 11 is 0. The minimum atomic E-state index is 0.174. The second-order valence-corrected chi connectivity index (χ2v) is 4.28. The predicted molar refractivity (Wildman–Crippen MR) is 64.1 cm³/mol. The van der Waals surface area contributed by atoms with Crippen LogP contribution in [0.4, 0.5) is 0 Å². The summed E-state index contributed by atoms with van der Waals surface area (Å²) in [6.45, 7) is 10.6. The average Bonchev–Trinajstić information content (AvgIpc) is 2.66. The van der Waals surface area contributed by atoms with Gasteiger partial charge in [-0.25, -0.2) is 4.98 Å². The minimum Gasteiger partial charge on any atom is -0.443 e. The predicted octanol–water partition coefficient (Wildman–Crippen LogP) is 4.15. The maximum Gasteiger partial charge on any atom is 0.181 e. The topological polar surface area (TPSA) is 26.0 Å². The van der Waals surface area contributed by atoms with E-state index in [1.807, 2.05) is 19.9 Å². The van der Waals surface area contributed by atoms with Gasteiger partial charge in [0.05, 0.1) is 0 Å². The summed E-state index contributed by atoms with van der Waals surface area (Å²) in [5.74, 6) is 0. The van der Waals surface area contributed by atoms with E-state index in [4.69, 9.17) is 4.42 Å². The molecule has 0 atom stereocenters. The lowest BCUT2D eigenvalue weighted by Gasteiger charge is -2.18. The number of oxazole rings is 1. The highest BCUT2D eigenvalue weighted by molar-refractivity contribution is 5.73. The van der Waals surface area contributed by atoms with Crippen molar-refractivity contribution >= 4 is 11.1 Å². The van der Waals surface area contributed by atoms with E-state index in [-0.39, 0.29) is 5.41 Å². The van der Waals surface area contributed by atoms with Gasteiger partial charge in [0.1, 0.15) is 5.52 Å². The molecule has 15 heavy (non-hydrogen) atoms. The third-order valence-corrected chi connectivity index (χ3v) is 2.20. The van der Waals surface area contributed by atoms with Gasteiger partial charge < -0.3 is 4.42 Å². The van der Waals surface area contributed by atoms with Gasteiger partial charge >= 0.3 is 0 Å². The van der Waals surface area contributed by atoms with Crippen molar-refractivity contribution in [2.45, 2.75) is 40.0 Å². The lowest BCUT2D eigenvalue weighted by Crippen LogP contribution is -2.10. The van der Waals surface area contributed by atoms with Crippen LogP contribution in [0.15, 0.2) is 29.0 Å². The van der Waals surface area contributed by atoms with Gasteiger partial charge in [-0.1, -0.05) is 40.7 Å². The lowest BCUT2D eigenvalue weighted by molar-refractivity contribution is 0.588. The normalized spacial score (nSPS) is 11.0. The van der Waals surface area contributed by atoms with Crippen molar-refractivity contribution in [3.63, 3.8) is 0 Å². The van der Waals surface area contributed by atoms with Crippen molar-refractivity contribution in [1.29, 1.82) is 0 Å². The number of rotatable bonds is 0. The molecule has 0 aliphatic carbocycles. The van der Waals surface area contributed by atoms with Gasteiger partial charge in [-0.3, -0.25) is 0 Å². The van der Waals surface area contributed by atoms with Gasteiger partial charge in [0.25, 0.3) is 0 Å². The zero-order valence-electron chi connectivity index (χ0n) is 10.2. The van der Waals surface area contributed by atoms with E-state index in [2.05, 4.69) is 37.9 Å². The smallest absolute Gasteiger partial charge is 0.181 e. The molecular formula is C13H19NO. The molecule has 0 aliphatic rings. The molecular weight excluding hydrogens is 186 g/mol. The number of hydrogen-bond donors (Lipinski definition) is 0. The lowest BCUT2D eigenvalue weighted by atomic mass is 9.87. The summed E-state index contributed by atoms with van der Waals surface area (Å²) in [4.78, 5) is 4.13. The van der Waals surface area contributed by atoms with E-state index in [9.17, 15) is 0 Å². The first kappa shape index (κ1) is 11.8. The standard InChI is InChI=1S/C11H13NO.C2H6/c1-11(2,3)8-4-5-10-9(6-8)12-7-13-10;1-2/h4-7H,1-3H3;1-2H3. The zero-order chi connectivity index (χ0) is 11.5. The molecule has 0 fully saturated rings. The third-order valence-electron chi connectivity index (χ3n) is 2.20. The fourth-order valence-corrected chi connectivity index (χ4v) is 1.32. The van der Waals surface area contributed by atoms with E-state index >= 15 is 0 Å². The van der Waals surface area contributed by atoms with Gasteiger partial charge in [-0.15, -0.1) is 0 Å². The van der Waals surface area contributed by atoms with Crippen molar-refractivity contribution in [3.8, 4) is 0 Å². The first-order valence-electron chi connectivity index (χ1n) is 5.41. The van der Waals surface area contributed by atoms with Crippen LogP contribution in [0.2, 0.25) is 0 Å². The van der Waals surface area contributed by atoms with Gasteiger partial charge in [-0.2, -0.15) is 0 Å². The van der Waals surface area contributed by atoms with Crippen molar-refractivity contribution in [3.05, 3.63) is 30.2 Å². The van der Waals surface area contributed by atoms with E-state index in [1.54, 1.807) is 0 Å². The Labute approximate surface area is 91.3 Å². The Morgan fingerprint density at radius 1 is 1.13 bits per heavy atom. The first-order valence-corrected chi connectivity index (χ1v) is 5.41. The molecule has 0 N–H and O–H groups in total. The molecule has 82 valence electrons. The third kappa shape index (κ3) is 2.58. The van der Waals surface area contributed by atoms with Crippen LogP contribution in [0.25, 0.3) is 11.1 Å². The number of nitrogens with zero attached hydrogens (tertiary/aromatic N) is 1. The van der Waals surface area contributed by atoms with E-state index in [0.29, 0.717) is 0 Å². The summed E-state index contributed by atoms with van der Waals surface area (Å²) in [6, 6.07) is 6.15. The zero-order valence-corrected chi connectivity index (χ0v) is 10.2. The number of benzene rings is 1. The monoisotopic (exact) mass is 205 g/mol. The van der Waals surface area contributed by atoms with Crippen LogP contribution in [0.5, 0.6) is 0 Å². The van der Waals surface area contributed by atoms with Crippen LogP contribution in [-0.4, -0.2) is 4.98 Å². The van der Waals surface area contributed by atoms with Crippen molar-refractivity contribution < 1.29 is 4.42 Å². The Morgan fingerprint density at radius 2 is 1.80 bits per heavy atom. The Kier molecular flexibility index (Phi) is 3.51. The summed E-state index contributed by atoms with van der Waals surface area (Å²) in [5.41, 5.74) is 3.25. The van der Waals surface area contributed by atoms with Crippen molar-refractivity contribution in [2.75, 3.05) is 0 Å². The van der Waals surface area contributed by atoms with Crippen LogP contribution >= 0.6 is 0 Å². The van der Waals surface area contributed by atoms with Crippen molar-refractivity contribution in [1.82, 2.24) is 4.98 Å². The number of hydrogen-bond acceptors (Lipinski definition) is 2. The number of aromatic nitrogens is 1. The molecule has 2 nitrogen and oxygen atoms in total. The van der Waals surface area contributed by atoms with Crippen LogP contribution in [-0.2, 0) is 5.41 Å². The van der Waals surface area contributed by atoms with Gasteiger partial charge in [0.15, 0.2) is 12.0 Å². The van der Waals surface area contributed by atoms with Crippen LogP contribution in [0, 0.1) is 0 Å². The van der Waals surface area contributed by atoms with E-state index in [0.717, 1.165) is 11.1 Å². The Bertz CT molecular complexity index is 423. The summed E-state index contributed by atoms with van der Waals surface area (Å²) in [7, 11) is 0. The molecule has 0 saturated heterocycles. The maximum atomic E-state index is 5.17. The molecule has 0 radical (unpaired) electrons. The first-order chi connectivity index (χ1) is 7.07. The van der Waals surface area contributed by atoms with E-state index < -0.39 is 0 Å². The minimum absolute atomic E-state index is 0.174. The molecule has 1 heterocycles. The summed E-state index contributed by atoms with van der Waals surface area (Å²) in [6.07, 6.45) is 1.48. The van der Waals surface area contributed by atoms with Crippen LogP contribution in [0.3, 0.4) is 0 Å². The molecule has 0 aliphatic heterocycles. The molecule has 2 heteroatoms. The molecule has 0 spiro atoms. The molecule has 0 bridgehead atoms. The highest BCUT2D eigenvalue weighted by atomic mass is 16.3. The van der Waals surface area contributed by atoms with Gasteiger partial charge in [-0.05, 0) is 23.1 Å². The van der Waals surface area contributed by atoms with Crippen LogP contribution < -0.4 is 0 Å². The molecule has 1 aromatic heterocycles. The Morgan fingerprint density at radius 3 is 2.40 bits per heavy atom. The SMILES string of the molecule is CC.CC(C)(C)c1ccc2ocnc2c1. The fraction of sp³-hybridized carbons (Fsp3) is 0.462. The summed E-state index contributed by atoms with van der Waals surface area (Å²) in [5, 5.41) is 0. The molecule has 2 rings (SSSR count). The molecule has 0 unspecified atom stereocenters. The maximum absolute atomic E-state index is 5.17. The molecule has 0 amide bonds. The largest absolute Gasteiger partial charge is 0.443 e. The van der Waals surface area contributed by atoms with Crippen molar-refractivity contribution in [2.24, 2.45) is 0 Å². The molecule has 0 saturated carbocycles.